The molecule has 0 aliphatic rings. The maximum atomic E-state index is 10.5. The molecule has 3 nitrogen and oxygen atoms in total. The number of hydrogen-bond donors (Lipinski definition) is 1. The molecule has 0 saturated heterocycles. The summed E-state index contributed by atoms with van der Waals surface area (Å²) in [6.45, 7) is 20.4. The molecule has 1 atom stereocenters. The largest absolute Gasteiger partial charge is 0.413 e. The van der Waals surface area contributed by atoms with Crippen LogP contribution in [0.4, 0.5) is 0 Å². The SMILES string of the molecule is CC(=CC[C@H](O)C(C)=Cc1cccc(C)n1)CCC=C(C)CO[Si](C)(C)C(C)(C)C. The average molecular weight is 430 g/mol. The second-order valence-corrected chi connectivity index (χ2v) is 14.8. The van der Waals surface area contributed by atoms with Crippen molar-refractivity contribution in [2.24, 2.45) is 0 Å². The van der Waals surface area contributed by atoms with Crippen LogP contribution in [0.5, 0.6) is 0 Å². The van der Waals surface area contributed by atoms with Gasteiger partial charge in [-0.2, -0.15) is 0 Å². The summed E-state index contributed by atoms with van der Waals surface area (Å²) in [5, 5.41) is 10.7. The summed E-state index contributed by atoms with van der Waals surface area (Å²) in [4.78, 5) is 4.47. The van der Waals surface area contributed by atoms with Crippen LogP contribution in [0, 0.1) is 6.92 Å². The molecule has 1 rings (SSSR count). The Morgan fingerprint density at radius 1 is 1.13 bits per heavy atom. The van der Waals surface area contributed by atoms with Gasteiger partial charge in [-0.3, -0.25) is 4.98 Å². The number of aliphatic hydroxyl groups is 1. The first-order valence-corrected chi connectivity index (χ1v) is 14.0. The monoisotopic (exact) mass is 429 g/mol. The molecule has 0 amide bonds. The van der Waals surface area contributed by atoms with E-state index in [0.29, 0.717) is 6.42 Å². The van der Waals surface area contributed by atoms with Crippen LogP contribution in [0.3, 0.4) is 0 Å². The van der Waals surface area contributed by atoms with E-state index in [2.05, 4.69) is 64.8 Å². The molecule has 0 fully saturated rings. The van der Waals surface area contributed by atoms with Crippen molar-refractivity contribution < 1.29 is 9.53 Å². The van der Waals surface area contributed by atoms with Crippen LogP contribution in [0.2, 0.25) is 18.1 Å². The zero-order valence-electron chi connectivity index (χ0n) is 20.7. The van der Waals surface area contributed by atoms with Crippen molar-refractivity contribution in [3.8, 4) is 0 Å². The minimum absolute atomic E-state index is 0.245. The van der Waals surface area contributed by atoms with Crippen molar-refractivity contribution in [3.05, 3.63) is 58.5 Å². The number of aryl methyl sites for hydroxylation is 1. The highest BCUT2D eigenvalue weighted by atomic mass is 28.4. The molecule has 0 aliphatic carbocycles. The van der Waals surface area contributed by atoms with Gasteiger partial charge in [0.15, 0.2) is 8.32 Å². The van der Waals surface area contributed by atoms with Gasteiger partial charge in [0.2, 0.25) is 0 Å². The third-order valence-electron chi connectivity index (χ3n) is 6.00. The molecule has 0 radical (unpaired) electrons. The quantitative estimate of drug-likeness (QED) is 0.315. The fraction of sp³-hybridized carbons (Fsp3) is 0.577. The summed E-state index contributed by atoms with van der Waals surface area (Å²) in [5.74, 6) is 0. The molecule has 168 valence electrons. The summed E-state index contributed by atoms with van der Waals surface area (Å²) < 4.78 is 6.29. The number of rotatable bonds is 10. The van der Waals surface area contributed by atoms with Crippen LogP contribution in [-0.2, 0) is 4.43 Å². The molecule has 0 aromatic carbocycles. The van der Waals surface area contributed by atoms with E-state index < -0.39 is 14.4 Å². The zero-order chi connectivity index (χ0) is 22.9. The lowest BCUT2D eigenvalue weighted by Crippen LogP contribution is -2.41. The predicted octanol–water partition coefficient (Wildman–Crippen LogP) is 7.24. The molecule has 0 spiro atoms. The molecule has 0 unspecified atom stereocenters. The summed E-state index contributed by atoms with van der Waals surface area (Å²) in [5.41, 5.74) is 5.44. The normalized spacial score (nSPS) is 15.5. The Morgan fingerprint density at radius 3 is 2.40 bits per heavy atom. The second-order valence-electron chi connectivity index (χ2n) is 10.0. The van der Waals surface area contributed by atoms with Gasteiger partial charge in [-0.25, -0.2) is 0 Å². The molecular formula is C26H43NO2Si. The average Bonchev–Trinajstić information content (AvgIpc) is 2.63. The summed E-state index contributed by atoms with van der Waals surface area (Å²) in [7, 11) is -1.69. The molecular weight excluding hydrogens is 386 g/mol. The van der Waals surface area contributed by atoms with Gasteiger partial charge >= 0.3 is 0 Å². The number of hydrogen-bond acceptors (Lipinski definition) is 3. The number of pyridine rings is 1. The second kappa shape index (κ2) is 11.8. The fourth-order valence-corrected chi connectivity index (χ4v) is 3.71. The standard InChI is InChI=1S/C26H43NO2Si/c1-20(12-10-13-21(2)19-29-30(8,9)26(5,6)7)16-17-25(28)22(3)18-24-15-11-14-23(4)27-24/h11,13-16,18,25,28H,10,12,17,19H2,1-9H3/t25-/m0/s1. The Balaban J connectivity index is 2.48. The lowest BCUT2D eigenvalue weighted by Gasteiger charge is -2.36. The predicted molar refractivity (Wildman–Crippen MR) is 133 cm³/mol. The first-order chi connectivity index (χ1) is 13.8. The van der Waals surface area contributed by atoms with Gasteiger partial charge in [0, 0.05) is 5.69 Å². The topological polar surface area (TPSA) is 42.4 Å². The van der Waals surface area contributed by atoms with Gasteiger partial charge in [0.1, 0.15) is 0 Å². The van der Waals surface area contributed by atoms with E-state index in [1.165, 1.54) is 11.1 Å². The van der Waals surface area contributed by atoms with E-state index in [-0.39, 0.29) is 5.04 Å². The Morgan fingerprint density at radius 2 is 1.80 bits per heavy atom. The molecule has 0 aliphatic heterocycles. The third kappa shape index (κ3) is 9.54. The maximum Gasteiger partial charge on any atom is 0.192 e. The van der Waals surface area contributed by atoms with Crippen LogP contribution < -0.4 is 0 Å². The summed E-state index contributed by atoms with van der Waals surface area (Å²) in [6, 6.07) is 5.93. The van der Waals surface area contributed by atoms with Crippen LogP contribution in [0.15, 0.2) is 47.1 Å². The lowest BCUT2D eigenvalue weighted by atomic mass is 10.0. The van der Waals surface area contributed by atoms with Crippen molar-refractivity contribution in [1.29, 1.82) is 0 Å². The van der Waals surface area contributed by atoms with Gasteiger partial charge < -0.3 is 9.53 Å². The van der Waals surface area contributed by atoms with E-state index >= 15 is 0 Å². The molecule has 1 aromatic rings. The van der Waals surface area contributed by atoms with Gasteiger partial charge in [-0.05, 0) is 88.9 Å². The van der Waals surface area contributed by atoms with Gasteiger partial charge in [0.05, 0.1) is 18.4 Å². The molecule has 1 heterocycles. The van der Waals surface area contributed by atoms with Gasteiger partial charge in [-0.1, -0.05) is 50.1 Å². The smallest absolute Gasteiger partial charge is 0.192 e. The molecule has 0 saturated carbocycles. The number of allylic oxidation sites excluding steroid dienone is 2. The molecule has 30 heavy (non-hydrogen) atoms. The summed E-state index contributed by atoms with van der Waals surface area (Å²) >= 11 is 0. The Bertz CT molecular complexity index is 769. The fourth-order valence-electron chi connectivity index (χ4n) is 2.69. The van der Waals surface area contributed by atoms with Crippen molar-refractivity contribution in [3.63, 3.8) is 0 Å². The Hall–Kier alpha value is -1.49. The first-order valence-electron chi connectivity index (χ1n) is 11.1. The zero-order valence-corrected chi connectivity index (χ0v) is 21.7. The molecule has 1 N–H and O–H groups in total. The van der Waals surface area contributed by atoms with Crippen molar-refractivity contribution >= 4 is 14.4 Å². The van der Waals surface area contributed by atoms with Crippen LogP contribution in [0.25, 0.3) is 6.08 Å². The van der Waals surface area contributed by atoms with E-state index in [1.54, 1.807) is 0 Å². The van der Waals surface area contributed by atoms with Crippen molar-refractivity contribution in [2.45, 2.75) is 92.0 Å². The van der Waals surface area contributed by atoms with E-state index in [1.807, 2.05) is 38.1 Å². The number of aromatic nitrogens is 1. The minimum atomic E-state index is -1.69. The van der Waals surface area contributed by atoms with Crippen LogP contribution >= 0.6 is 0 Å². The maximum absolute atomic E-state index is 10.5. The Labute approximate surface area is 186 Å². The Kier molecular flexibility index (Phi) is 10.4. The van der Waals surface area contributed by atoms with Crippen LogP contribution in [-0.4, -0.2) is 31.1 Å². The highest BCUT2D eigenvalue weighted by Crippen LogP contribution is 2.36. The third-order valence-corrected chi connectivity index (χ3v) is 10.5. The van der Waals surface area contributed by atoms with Crippen molar-refractivity contribution in [2.75, 3.05) is 6.61 Å². The van der Waals surface area contributed by atoms with E-state index in [0.717, 1.165) is 36.4 Å². The minimum Gasteiger partial charge on any atom is -0.413 e. The molecule has 4 heteroatoms. The lowest BCUT2D eigenvalue weighted by molar-refractivity contribution is 0.215. The van der Waals surface area contributed by atoms with E-state index in [9.17, 15) is 5.11 Å². The number of aliphatic hydroxyl groups excluding tert-OH is 1. The van der Waals surface area contributed by atoms with Crippen LogP contribution in [0.1, 0.15) is 72.2 Å². The highest BCUT2D eigenvalue weighted by molar-refractivity contribution is 6.74. The highest BCUT2D eigenvalue weighted by Gasteiger charge is 2.36. The molecule has 1 aromatic heterocycles. The van der Waals surface area contributed by atoms with Gasteiger partial charge in [0.25, 0.3) is 0 Å². The van der Waals surface area contributed by atoms with Crippen molar-refractivity contribution in [1.82, 2.24) is 4.98 Å². The van der Waals surface area contributed by atoms with E-state index in [4.69, 9.17) is 4.43 Å². The molecule has 0 bridgehead atoms. The van der Waals surface area contributed by atoms with Gasteiger partial charge in [-0.15, -0.1) is 0 Å². The number of nitrogens with zero attached hydrogens (tertiary/aromatic N) is 1. The summed E-state index contributed by atoms with van der Waals surface area (Å²) in [6.07, 6.45) is 8.58. The first kappa shape index (κ1) is 26.5.